The first-order valence-electron chi connectivity index (χ1n) is 6.43. The van der Waals surface area contributed by atoms with Crippen LogP contribution in [0, 0.1) is 0 Å². The van der Waals surface area contributed by atoms with Crippen LogP contribution < -0.4 is 5.73 Å². The van der Waals surface area contributed by atoms with Crippen molar-refractivity contribution in [3.63, 3.8) is 0 Å². The third kappa shape index (κ3) is 2.74. The predicted molar refractivity (Wildman–Crippen MR) is 64.1 cm³/mol. The monoisotopic (exact) mass is 225 g/mol. The highest BCUT2D eigenvalue weighted by Crippen LogP contribution is 2.29. The Kier molecular flexibility index (Phi) is 3.82. The highest BCUT2D eigenvalue weighted by Gasteiger charge is 2.34. The molecule has 1 aliphatic carbocycles. The van der Waals surface area contributed by atoms with Gasteiger partial charge in [0.15, 0.2) is 0 Å². The molecular formula is C12H23N3O. The number of nitrogens with zero attached hydrogens (tertiary/aromatic N) is 2. The summed E-state index contributed by atoms with van der Waals surface area (Å²) in [5, 5.41) is 0. The fourth-order valence-electron chi connectivity index (χ4n) is 2.71. The van der Waals surface area contributed by atoms with Crippen molar-refractivity contribution in [3.05, 3.63) is 0 Å². The van der Waals surface area contributed by atoms with E-state index in [0.717, 1.165) is 26.2 Å². The molecule has 0 radical (unpaired) electrons. The van der Waals surface area contributed by atoms with E-state index in [9.17, 15) is 4.79 Å². The van der Waals surface area contributed by atoms with Gasteiger partial charge < -0.3 is 10.6 Å². The smallest absolute Gasteiger partial charge is 0.219 e. The molecule has 0 aromatic carbocycles. The minimum absolute atomic E-state index is 0.238. The van der Waals surface area contributed by atoms with Crippen LogP contribution in [0.15, 0.2) is 0 Å². The third-order valence-corrected chi connectivity index (χ3v) is 3.71. The van der Waals surface area contributed by atoms with Crippen LogP contribution >= 0.6 is 0 Å². The highest BCUT2D eigenvalue weighted by atomic mass is 16.2. The van der Waals surface area contributed by atoms with Crippen LogP contribution in [0.3, 0.4) is 0 Å². The Morgan fingerprint density at radius 2 is 2.19 bits per heavy atom. The molecule has 92 valence electrons. The quantitative estimate of drug-likeness (QED) is 0.738. The topological polar surface area (TPSA) is 49.6 Å². The lowest BCUT2D eigenvalue weighted by atomic mass is 10.2. The molecule has 1 atom stereocenters. The van der Waals surface area contributed by atoms with Crippen LogP contribution in [0.5, 0.6) is 0 Å². The van der Waals surface area contributed by atoms with E-state index in [2.05, 4.69) is 9.80 Å². The van der Waals surface area contributed by atoms with Crippen molar-refractivity contribution in [3.8, 4) is 0 Å². The summed E-state index contributed by atoms with van der Waals surface area (Å²) in [6.07, 6.45) is 4.87. The lowest BCUT2D eigenvalue weighted by Gasteiger charge is -2.30. The van der Waals surface area contributed by atoms with E-state index in [1.54, 1.807) is 6.92 Å². The van der Waals surface area contributed by atoms with Crippen LogP contribution in [-0.2, 0) is 4.79 Å². The standard InChI is InChI=1S/C12H23N3O/c1-10(16)15(11-4-5-11)9-12-3-2-7-14(12)8-6-13/h11-12H,2-9,13H2,1H3. The van der Waals surface area contributed by atoms with Gasteiger partial charge in [0.2, 0.25) is 5.91 Å². The van der Waals surface area contributed by atoms with Crippen LogP contribution in [0.2, 0.25) is 0 Å². The molecule has 0 aromatic heterocycles. The zero-order chi connectivity index (χ0) is 11.5. The molecule has 1 unspecified atom stereocenters. The number of hydrogen-bond acceptors (Lipinski definition) is 3. The molecule has 2 aliphatic rings. The highest BCUT2D eigenvalue weighted by molar-refractivity contribution is 5.74. The molecule has 1 saturated carbocycles. The van der Waals surface area contributed by atoms with Crippen molar-refractivity contribution in [2.24, 2.45) is 5.73 Å². The molecule has 16 heavy (non-hydrogen) atoms. The number of likely N-dealkylation sites (tertiary alicyclic amines) is 1. The van der Waals surface area contributed by atoms with Gasteiger partial charge in [0.1, 0.15) is 0 Å². The second-order valence-electron chi connectivity index (χ2n) is 5.02. The number of nitrogens with two attached hydrogens (primary N) is 1. The Hall–Kier alpha value is -0.610. The summed E-state index contributed by atoms with van der Waals surface area (Å²) < 4.78 is 0. The average Bonchev–Trinajstić information content (AvgIpc) is 2.98. The molecule has 1 heterocycles. The van der Waals surface area contributed by atoms with Gasteiger partial charge in [-0.05, 0) is 32.2 Å². The summed E-state index contributed by atoms with van der Waals surface area (Å²) in [6, 6.07) is 1.09. The number of carbonyl (C=O) groups excluding carboxylic acids is 1. The first-order chi connectivity index (χ1) is 7.72. The normalized spacial score (nSPS) is 26.0. The van der Waals surface area contributed by atoms with Gasteiger partial charge in [0.25, 0.3) is 0 Å². The van der Waals surface area contributed by atoms with Crippen molar-refractivity contribution >= 4 is 5.91 Å². The molecule has 1 aliphatic heterocycles. The molecule has 4 heteroatoms. The van der Waals surface area contributed by atoms with E-state index in [0.29, 0.717) is 12.1 Å². The maximum atomic E-state index is 11.6. The van der Waals surface area contributed by atoms with Crippen molar-refractivity contribution in [1.82, 2.24) is 9.80 Å². The lowest BCUT2D eigenvalue weighted by molar-refractivity contribution is -0.130. The molecule has 0 bridgehead atoms. The van der Waals surface area contributed by atoms with E-state index in [-0.39, 0.29) is 5.91 Å². The average molecular weight is 225 g/mol. The minimum Gasteiger partial charge on any atom is -0.338 e. The Morgan fingerprint density at radius 3 is 2.75 bits per heavy atom. The van der Waals surface area contributed by atoms with E-state index in [4.69, 9.17) is 5.73 Å². The van der Waals surface area contributed by atoms with Crippen LogP contribution in [0.1, 0.15) is 32.6 Å². The molecule has 2 N–H and O–H groups in total. The molecular weight excluding hydrogens is 202 g/mol. The molecule has 2 rings (SSSR count). The Bertz CT molecular complexity index is 253. The zero-order valence-electron chi connectivity index (χ0n) is 10.2. The Balaban J connectivity index is 1.88. The van der Waals surface area contributed by atoms with Crippen molar-refractivity contribution in [2.45, 2.75) is 44.7 Å². The van der Waals surface area contributed by atoms with Gasteiger partial charge in [0.05, 0.1) is 0 Å². The Morgan fingerprint density at radius 1 is 1.44 bits per heavy atom. The fraction of sp³-hybridized carbons (Fsp3) is 0.917. The molecule has 0 aromatic rings. The number of rotatable bonds is 5. The van der Waals surface area contributed by atoms with E-state index >= 15 is 0 Å². The first kappa shape index (κ1) is 11.9. The fourth-order valence-corrected chi connectivity index (χ4v) is 2.71. The van der Waals surface area contributed by atoms with Gasteiger partial charge in [-0.25, -0.2) is 0 Å². The van der Waals surface area contributed by atoms with Gasteiger partial charge in [0, 0.05) is 38.6 Å². The summed E-state index contributed by atoms with van der Waals surface area (Å²) in [5.74, 6) is 0.238. The second kappa shape index (κ2) is 5.15. The maximum absolute atomic E-state index is 11.6. The van der Waals surface area contributed by atoms with Gasteiger partial charge in [-0.15, -0.1) is 0 Å². The largest absolute Gasteiger partial charge is 0.338 e. The summed E-state index contributed by atoms with van der Waals surface area (Å²) in [6.45, 7) is 5.46. The minimum atomic E-state index is 0.238. The van der Waals surface area contributed by atoms with Gasteiger partial charge >= 0.3 is 0 Å². The van der Waals surface area contributed by atoms with Crippen molar-refractivity contribution in [2.75, 3.05) is 26.2 Å². The summed E-state index contributed by atoms with van der Waals surface area (Å²) in [7, 11) is 0. The maximum Gasteiger partial charge on any atom is 0.219 e. The SMILES string of the molecule is CC(=O)N(CC1CCCN1CCN)C1CC1. The summed E-state index contributed by atoms with van der Waals surface area (Å²) in [5.41, 5.74) is 5.61. The van der Waals surface area contributed by atoms with Crippen molar-refractivity contribution < 1.29 is 4.79 Å². The molecule has 2 fully saturated rings. The molecule has 0 spiro atoms. The van der Waals surface area contributed by atoms with E-state index in [1.807, 2.05) is 0 Å². The number of hydrogen-bond donors (Lipinski definition) is 1. The third-order valence-electron chi connectivity index (χ3n) is 3.71. The van der Waals surface area contributed by atoms with Gasteiger partial charge in [-0.1, -0.05) is 0 Å². The summed E-state index contributed by atoms with van der Waals surface area (Å²) in [4.78, 5) is 16.1. The second-order valence-corrected chi connectivity index (χ2v) is 5.02. The van der Waals surface area contributed by atoms with E-state index in [1.165, 1.54) is 25.7 Å². The zero-order valence-corrected chi connectivity index (χ0v) is 10.2. The Labute approximate surface area is 97.8 Å². The van der Waals surface area contributed by atoms with Gasteiger partial charge in [-0.2, -0.15) is 0 Å². The van der Waals surface area contributed by atoms with Crippen molar-refractivity contribution in [1.29, 1.82) is 0 Å². The van der Waals surface area contributed by atoms with Gasteiger partial charge in [-0.3, -0.25) is 9.69 Å². The van der Waals surface area contributed by atoms with Crippen LogP contribution in [-0.4, -0.2) is 54.0 Å². The predicted octanol–water partition coefficient (Wildman–Crippen LogP) is 0.420. The van der Waals surface area contributed by atoms with Crippen LogP contribution in [0.25, 0.3) is 0 Å². The molecule has 1 saturated heterocycles. The first-order valence-corrected chi connectivity index (χ1v) is 6.43. The lowest BCUT2D eigenvalue weighted by Crippen LogP contribution is -2.44. The number of amides is 1. The molecule has 4 nitrogen and oxygen atoms in total. The summed E-state index contributed by atoms with van der Waals surface area (Å²) >= 11 is 0. The van der Waals surface area contributed by atoms with E-state index < -0.39 is 0 Å². The van der Waals surface area contributed by atoms with Crippen LogP contribution in [0.4, 0.5) is 0 Å². The molecule has 1 amide bonds. The number of carbonyl (C=O) groups is 1.